The lowest BCUT2D eigenvalue weighted by Gasteiger charge is -2.14. The molecule has 0 spiro atoms. The van der Waals surface area contributed by atoms with Gasteiger partial charge in [-0.25, -0.2) is 0 Å². The van der Waals surface area contributed by atoms with Gasteiger partial charge in [0.15, 0.2) is 0 Å². The van der Waals surface area contributed by atoms with Crippen molar-refractivity contribution in [3.8, 4) is 0 Å². The van der Waals surface area contributed by atoms with E-state index in [4.69, 9.17) is 0 Å². The molecule has 1 unspecified atom stereocenters. The van der Waals surface area contributed by atoms with Crippen LogP contribution in [0.25, 0.3) is 0 Å². The van der Waals surface area contributed by atoms with E-state index in [1.54, 1.807) is 4.90 Å². The van der Waals surface area contributed by atoms with Crippen LogP contribution < -0.4 is 0 Å². The van der Waals surface area contributed by atoms with Gasteiger partial charge in [0.25, 0.3) is 0 Å². The molecule has 0 aromatic carbocycles. The molecule has 0 aliphatic carbocycles. The summed E-state index contributed by atoms with van der Waals surface area (Å²) in [5, 5.41) is 0. The zero-order valence-corrected chi connectivity index (χ0v) is 9.28. The summed E-state index contributed by atoms with van der Waals surface area (Å²) >= 11 is 0. The molecule has 1 fully saturated rings. The highest BCUT2D eigenvalue weighted by atomic mass is 16.2. The van der Waals surface area contributed by atoms with Crippen molar-refractivity contribution in [2.45, 2.75) is 33.1 Å². The molecule has 84 valence electrons. The number of likely N-dealkylation sites (tertiary alicyclic amines) is 1. The van der Waals surface area contributed by atoms with Crippen LogP contribution >= 0.6 is 0 Å². The molecule has 0 aromatic rings. The van der Waals surface area contributed by atoms with Crippen molar-refractivity contribution in [2.75, 3.05) is 13.1 Å². The minimum absolute atomic E-state index is 0.00979. The summed E-state index contributed by atoms with van der Waals surface area (Å²) in [4.78, 5) is 35.0. The number of carbonyl (C=O) groups excluding carboxylic acids is 3. The molecule has 1 aliphatic heterocycles. The first-order valence-corrected chi connectivity index (χ1v) is 5.28. The SMILES string of the molecule is CC(=O)CCC1CCN(CC(C)=O)C1=O. The Bertz CT molecular complexity index is 286. The first-order chi connectivity index (χ1) is 7.00. The molecular formula is C11H17NO3. The third kappa shape index (κ3) is 3.46. The Morgan fingerprint density at radius 3 is 2.53 bits per heavy atom. The topological polar surface area (TPSA) is 54.5 Å². The Kier molecular flexibility index (Phi) is 4.00. The third-order valence-corrected chi connectivity index (χ3v) is 2.67. The standard InChI is InChI=1S/C11H17NO3/c1-8(13)3-4-10-5-6-12(11(10)15)7-9(2)14/h10H,3-7H2,1-2H3. The second kappa shape index (κ2) is 5.05. The maximum Gasteiger partial charge on any atom is 0.226 e. The smallest absolute Gasteiger partial charge is 0.226 e. The molecule has 1 saturated heterocycles. The minimum Gasteiger partial charge on any atom is -0.335 e. The van der Waals surface area contributed by atoms with E-state index >= 15 is 0 Å². The van der Waals surface area contributed by atoms with Crippen LogP contribution in [-0.2, 0) is 14.4 Å². The number of carbonyl (C=O) groups is 3. The molecule has 0 radical (unpaired) electrons. The minimum atomic E-state index is -0.0479. The van der Waals surface area contributed by atoms with E-state index in [2.05, 4.69) is 0 Å². The number of ketones is 2. The lowest BCUT2D eigenvalue weighted by atomic mass is 10.0. The molecule has 0 N–H and O–H groups in total. The molecule has 1 rings (SSSR count). The molecule has 15 heavy (non-hydrogen) atoms. The maximum atomic E-state index is 11.7. The predicted molar refractivity (Wildman–Crippen MR) is 55.3 cm³/mol. The van der Waals surface area contributed by atoms with Crippen LogP contribution in [0.1, 0.15) is 33.1 Å². The number of hydrogen-bond donors (Lipinski definition) is 0. The number of hydrogen-bond acceptors (Lipinski definition) is 3. The van der Waals surface area contributed by atoms with E-state index in [-0.39, 0.29) is 29.9 Å². The summed E-state index contributed by atoms with van der Waals surface area (Å²) in [6.45, 7) is 3.89. The highest BCUT2D eigenvalue weighted by Crippen LogP contribution is 2.22. The summed E-state index contributed by atoms with van der Waals surface area (Å²) in [6, 6.07) is 0. The van der Waals surface area contributed by atoms with E-state index in [0.717, 1.165) is 6.42 Å². The van der Waals surface area contributed by atoms with Gasteiger partial charge in [-0.15, -0.1) is 0 Å². The fourth-order valence-corrected chi connectivity index (χ4v) is 1.87. The summed E-state index contributed by atoms with van der Waals surface area (Å²) in [5.41, 5.74) is 0. The molecular weight excluding hydrogens is 194 g/mol. The van der Waals surface area contributed by atoms with Gasteiger partial charge in [0.2, 0.25) is 5.91 Å². The van der Waals surface area contributed by atoms with E-state index in [1.165, 1.54) is 13.8 Å². The van der Waals surface area contributed by atoms with Gasteiger partial charge in [-0.2, -0.15) is 0 Å². The molecule has 1 amide bonds. The zero-order valence-electron chi connectivity index (χ0n) is 9.28. The second-order valence-electron chi connectivity index (χ2n) is 4.19. The monoisotopic (exact) mass is 211 g/mol. The van der Waals surface area contributed by atoms with E-state index in [9.17, 15) is 14.4 Å². The van der Waals surface area contributed by atoms with Gasteiger partial charge in [-0.05, 0) is 26.7 Å². The van der Waals surface area contributed by atoms with Crippen LogP contribution in [-0.4, -0.2) is 35.5 Å². The van der Waals surface area contributed by atoms with Crippen molar-refractivity contribution < 1.29 is 14.4 Å². The number of rotatable bonds is 5. The van der Waals surface area contributed by atoms with Gasteiger partial charge in [-0.1, -0.05) is 0 Å². The van der Waals surface area contributed by atoms with Crippen LogP contribution in [0.2, 0.25) is 0 Å². The van der Waals surface area contributed by atoms with Gasteiger partial charge < -0.3 is 9.69 Å². The number of nitrogens with zero attached hydrogens (tertiary/aromatic N) is 1. The first kappa shape index (κ1) is 11.9. The Balaban J connectivity index is 2.42. The summed E-state index contributed by atoms with van der Waals surface area (Å²) in [5.74, 6) is 0.114. The molecule has 1 aliphatic rings. The van der Waals surface area contributed by atoms with Gasteiger partial charge in [-0.3, -0.25) is 9.59 Å². The molecule has 4 heteroatoms. The van der Waals surface area contributed by atoms with Gasteiger partial charge in [0, 0.05) is 18.9 Å². The molecule has 0 saturated carbocycles. The van der Waals surface area contributed by atoms with Crippen LogP contribution in [0.4, 0.5) is 0 Å². The zero-order chi connectivity index (χ0) is 11.4. The van der Waals surface area contributed by atoms with Gasteiger partial charge >= 0.3 is 0 Å². The van der Waals surface area contributed by atoms with Crippen molar-refractivity contribution in [1.29, 1.82) is 0 Å². The summed E-state index contributed by atoms with van der Waals surface area (Å²) < 4.78 is 0. The van der Waals surface area contributed by atoms with Crippen LogP contribution in [0.5, 0.6) is 0 Å². The molecule has 0 aromatic heterocycles. The normalized spacial score (nSPS) is 20.8. The predicted octanol–water partition coefficient (Wildman–Crippen LogP) is 0.793. The number of Topliss-reactive ketones (excluding diaryl/α,β-unsaturated/α-hetero) is 2. The third-order valence-electron chi connectivity index (χ3n) is 2.67. The largest absolute Gasteiger partial charge is 0.335 e. The highest BCUT2D eigenvalue weighted by Gasteiger charge is 2.31. The lowest BCUT2D eigenvalue weighted by molar-refractivity contribution is -0.134. The molecule has 0 bridgehead atoms. The molecule has 1 atom stereocenters. The summed E-state index contributed by atoms with van der Waals surface area (Å²) in [7, 11) is 0. The Hall–Kier alpha value is -1.19. The highest BCUT2D eigenvalue weighted by molar-refractivity contribution is 5.87. The second-order valence-corrected chi connectivity index (χ2v) is 4.19. The maximum absolute atomic E-state index is 11.7. The van der Waals surface area contributed by atoms with Crippen molar-refractivity contribution in [3.05, 3.63) is 0 Å². The van der Waals surface area contributed by atoms with E-state index in [1.807, 2.05) is 0 Å². The van der Waals surface area contributed by atoms with Gasteiger partial charge in [0.1, 0.15) is 11.6 Å². The van der Waals surface area contributed by atoms with Crippen molar-refractivity contribution in [2.24, 2.45) is 5.92 Å². The van der Waals surface area contributed by atoms with Crippen LogP contribution in [0.3, 0.4) is 0 Å². The average molecular weight is 211 g/mol. The van der Waals surface area contributed by atoms with E-state index < -0.39 is 0 Å². The quantitative estimate of drug-likeness (QED) is 0.675. The lowest BCUT2D eigenvalue weighted by Crippen LogP contribution is -2.31. The molecule has 4 nitrogen and oxygen atoms in total. The Morgan fingerprint density at radius 1 is 1.33 bits per heavy atom. The van der Waals surface area contributed by atoms with Crippen molar-refractivity contribution in [1.82, 2.24) is 4.90 Å². The summed E-state index contributed by atoms with van der Waals surface area (Å²) in [6.07, 6.45) is 1.87. The van der Waals surface area contributed by atoms with Crippen molar-refractivity contribution >= 4 is 17.5 Å². The molecule has 1 heterocycles. The Morgan fingerprint density at radius 2 is 2.00 bits per heavy atom. The number of amides is 1. The van der Waals surface area contributed by atoms with Crippen LogP contribution in [0, 0.1) is 5.92 Å². The van der Waals surface area contributed by atoms with Crippen LogP contribution in [0.15, 0.2) is 0 Å². The van der Waals surface area contributed by atoms with Crippen molar-refractivity contribution in [3.63, 3.8) is 0 Å². The Labute approximate surface area is 89.6 Å². The fourth-order valence-electron chi connectivity index (χ4n) is 1.87. The van der Waals surface area contributed by atoms with E-state index in [0.29, 0.717) is 19.4 Å². The van der Waals surface area contributed by atoms with Gasteiger partial charge in [0.05, 0.1) is 6.54 Å². The average Bonchev–Trinajstić information content (AvgIpc) is 2.44. The fraction of sp³-hybridized carbons (Fsp3) is 0.727. The first-order valence-electron chi connectivity index (χ1n) is 5.28.